The fraction of sp³-hybridized carbons (Fsp3) is 0.562. The molecule has 4 heteroatoms. The van der Waals surface area contributed by atoms with E-state index in [9.17, 15) is 4.79 Å². The third kappa shape index (κ3) is 3.12. The van der Waals surface area contributed by atoms with Crippen molar-refractivity contribution in [2.24, 2.45) is 5.92 Å². The van der Waals surface area contributed by atoms with Crippen LogP contribution in [0.5, 0.6) is 5.75 Å². The van der Waals surface area contributed by atoms with Crippen LogP contribution in [-0.4, -0.2) is 43.1 Å². The van der Waals surface area contributed by atoms with Gasteiger partial charge in [0.25, 0.3) is 0 Å². The summed E-state index contributed by atoms with van der Waals surface area (Å²) in [6.07, 6.45) is 2.95. The molecule has 2 fully saturated rings. The summed E-state index contributed by atoms with van der Waals surface area (Å²) in [4.78, 5) is 14.2. The monoisotopic (exact) mass is 274 g/mol. The third-order valence-corrected chi connectivity index (χ3v) is 4.28. The summed E-state index contributed by atoms with van der Waals surface area (Å²) < 4.78 is 5.59. The first kappa shape index (κ1) is 13.4. The molecule has 1 aromatic rings. The molecule has 2 atom stereocenters. The lowest BCUT2D eigenvalue weighted by atomic mass is 9.94. The summed E-state index contributed by atoms with van der Waals surface area (Å²) in [7, 11) is 0. The third-order valence-electron chi connectivity index (χ3n) is 4.28. The molecule has 4 nitrogen and oxygen atoms in total. The van der Waals surface area contributed by atoms with Crippen LogP contribution in [0.25, 0.3) is 0 Å². The number of nitrogens with zero attached hydrogens (tertiary/aromatic N) is 1. The van der Waals surface area contributed by atoms with Crippen molar-refractivity contribution in [3.05, 3.63) is 30.3 Å². The van der Waals surface area contributed by atoms with E-state index in [0.717, 1.165) is 25.4 Å². The van der Waals surface area contributed by atoms with Crippen molar-refractivity contribution in [2.75, 3.05) is 26.2 Å². The van der Waals surface area contributed by atoms with Crippen LogP contribution in [0.4, 0.5) is 0 Å². The van der Waals surface area contributed by atoms with Gasteiger partial charge in [0.1, 0.15) is 5.75 Å². The van der Waals surface area contributed by atoms with Gasteiger partial charge in [0.15, 0.2) is 0 Å². The number of para-hydroxylation sites is 1. The molecule has 2 heterocycles. The maximum atomic E-state index is 12.2. The molecule has 3 rings (SSSR count). The molecule has 2 aliphatic heterocycles. The highest BCUT2D eigenvalue weighted by Crippen LogP contribution is 2.25. The largest absolute Gasteiger partial charge is 0.493 e. The number of likely N-dealkylation sites (tertiary alicyclic amines) is 1. The summed E-state index contributed by atoms with van der Waals surface area (Å²) in [5.74, 6) is 1.71. The van der Waals surface area contributed by atoms with Crippen LogP contribution in [0, 0.1) is 5.92 Å². The summed E-state index contributed by atoms with van der Waals surface area (Å²) in [5, 5.41) is 3.52. The molecule has 0 spiro atoms. The van der Waals surface area contributed by atoms with Gasteiger partial charge in [0, 0.05) is 19.1 Å². The Labute approximate surface area is 120 Å². The highest BCUT2D eigenvalue weighted by atomic mass is 16.5. The van der Waals surface area contributed by atoms with Gasteiger partial charge in [-0.05, 0) is 37.4 Å². The number of piperidine rings is 1. The minimum Gasteiger partial charge on any atom is -0.493 e. The molecule has 2 aliphatic rings. The number of hydrogen-bond donors (Lipinski definition) is 1. The number of rotatable bonds is 4. The lowest BCUT2D eigenvalue weighted by Gasteiger charge is -2.24. The number of carbonyl (C=O) groups excluding carboxylic acids is 1. The Morgan fingerprint density at radius 2 is 2.15 bits per heavy atom. The molecule has 2 saturated heterocycles. The molecule has 1 N–H and O–H groups in total. The molecule has 0 bridgehead atoms. The number of benzene rings is 1. The van der Waals surface area contributed by atoms with Gasteiger partial charge < -0.3 is 15.0 Å². The van der Waals surface area contributed by atoms with Crippen molar-refractivity contribution >= 4 is 5.91 Å². The van der Waals surface area contributed by atoms with Gasteiger partial charge in [-0.3, -0.25) is 4.79 Å². The van der Waals surface area contributed by atoms with Crippen molar-refractivity contribution in [3.63, 3.8) is 0 Å². The van der Waals surface area contributed by atoms with Crippen LogP contribution in [0.1, 0.15) is 19.3 Å². The van der Waals surface area contributed by atoms with E-state index in [1.54, 1.807) is 0 Å². The normalized spacial score (nSPS) is 25.3. The van der Waals surface area contributed by atoms with Gasteiger partial charge in [-0.2, -0.15) is 0 Å². The Balaban J connectivity index is 1.43. The molecule has 20 heavy (non-hydrogen) atoms. The van der Waals surface area contributed by atoms with E-state index >= 15 is 0 Å². The Morgan fingerprint density at radius 1 is 1.30 bits per heavy atom. The van der Waals surface area contributed by atoms with Crippen LogP contribution in [-0.2, 0) is 4.79 Å². The van der Waals surface area contributed by atoms with Gasteiger partial charge in [-0.15, -0.1) is 0 Å². The molecular formula is C16H22N2O2. The molecular weight excluding hydrogens is 252 g/mol. The summed E-state index contributed by atoms with van der Waals surface area (Å²) in [5.41, 5.74) is 0. The molecule has 1 amide bonds. The lowest BCUT2D eigenvalue weighted by molar-refractivity contribution is -0.130. The highest BCUT2D eigenvalue weighted by molar-refractivity contribution is 5.76. The number of fused-ring (bicyclic) bond motifs is 1. The second-order valence-corrected chi connectivity index (χ2v) is 5.67. The van der Waals surface area contributed by atoms with E-state index in [2.05, 4.69) is 5.32 Å². The summed E-state index contributed by atoms with van der Waals surface area (Å²) in [6.45, 7) is 3.35. The van der Waals surface area contributed by atoms with E-state index in [4.69, 9.17) is 4.74 Å². The first-order valence-electron chi connectivity index (χ1n) is 7.52. The molecule has 0 aromatic heterocycles. The molecule has 108 valence electrons. The van der Waals surface area contributed by atoms with Crippen molar-refractivity contribution < 1.29 is 9.53 Å². The number of carbonyl (C=O) groups is 1. The molecule has 1 aromatic carbocycles. The smallest absolute Gasteiger partial charge is 0.226 e. The van der Waals surface area contributed by atoms with Crippen LogP contribution in [0.2, 0.25) is 0 Å². The fourth-order valence-corrected chi connectivity index (χ4v) is 3.18. The minimum absolute atomic E-state index is 0.220. The van der Waals surface area contributed by atoms with Crippen LogP contribution >= 0.6 is 0 Å². The Hall–Kier alpha value is -1.55. The van der Waals surface area contributed by atoms with Crippen LogP contribution < -0.4 is 10.1 Å². The second-order valence-electron chi connectivity index (χ2n) is 5.67. The molecule has 0 saturated carbocycles. The van der Waals surface area contributed by atoms with E-state index < -0.39 is 0 Å². The van der Waals surface area contributed by atoms with Gasteiger partial charge >= 0.3 is 0 Å². The molecule has 0 radical (unpaired) electrons. The van der Waals surface area contributed by atoms with Gasteiger partial charge in [-0.25, -0.2) is 0 Å². The first-order chi connectivity index (χ1) is 9.83. The lowest BCUT2D eigenvalue weighted by Crippen LogP contribution is -2.41. The van der Waals surface area contributed by atoms with Crippen LogP contribution in [0.15, 0.2) is 30.3 Å². The minimum atomic E-state index is 0.220. The quantitative estimate of drug-likeness (QED) is 0.908. The fourth-order valence-electron chi connectivity index (χ4n) is 3.18. The molecule has 2 unspecified atom stereocenters. The molecule has 0 aliphatic carbocycles. The topological polar surface area (TPSA) is 41.6 Å². The predicted octanol–water partition coefficient (Wildman–Crippen LogP) is 1.67. The maximum absolute atomic E-state index is 12.2. The van der Waals surface area contributed by atoms with Crippen LogP contribution in [0.3, 0.4) is 0 Å². The zero-order chi connectivity index (χ0) is 13.8. The second kappa shape index (κ2) is 6.27. The van der Waals surface area contributed by atoms with Gasteiger partial charge in [0.05, 0.1) is 13.0 Å². The van der Waals surface area contributed by atoms with Crippen molar-refractivity contribution in [3.8, 4) is 5.75 Å². The average Bonchev–Trinajstić information content (AvgIpc) is 2.92. The number of hydrogen-bond acceptors (Lipinski definition) is 3. The maximum Gasteiger partial charge on any atom is 0.226 e. The Bertz CT molecular complexity index is 435. The number of ether oxygens (including phenoxy) is 1. The van der Waals surface area contributed by atoms with E-state index in [1.807, 2.05) is 35.2 Å². The van der Waals surface area contributed by atoms with E-state index in [-0.39, 0.29) is 5.91 Å². The first-order valence-corrected chi connectivity index (χ1v) is 7.52. The average molecular weight is 274 g/mol. The standard InChI is InChI=1S/C16H22N2O2/c19-16(8-10-20-14-6-2-1-3-7-14)18-11-13-5-4-9-17-15(13)12-18/h1-3,6-7,13,15,17H,4-5,8-12H2. The summed E-state index contributed by atoms with van der Waals surface area (Å²) >= 11 is 0. The summed E-state index contributed by atoms with van der Waals surface area (Å²) in [6, 6.07) is 10.2. The Morgan fingerprint density at radius 3 is 2.95 bits per heavy atom. The SMILES string of the molecule is O=C(CCOc1ccccc1)N1CC2CCCNC2C1. The van der Waals surface area contributed by atoms with Crippen molar-refractivity contribution in [1.82, 2.24) is 10.2 Å². The van der Waals surface area contributed by atoms with Gasteiger partial charge in [-0.1, -0.05) is 18.2 Å². The van der Waals surface area contributed by atoms with Crippen molar-refractivity contribution in [2.45, 2.75) is 25.3 Å². The zero-order valence-electron chi connectivity index (χ0n) is 11.8. The number of nitrogens with one attached hydrogen (secondary N) is 1. The highest BCUT2D eigenvalue weighted by Gasteiger charge is 2.35. The van der Waals surface area contributed by atoms with E-state index in [1.165, 1.54) is 12.8 Å². The Kier molecular flexibility index (Phi) is 4.21. The number of amides is 1. The van der Waals surface area contributed by atoms with E-state index in [0.29, 0.717) is 25.0 Å². The zero-order valence-corrected chi connectivity index (χ0v) is 11.8. The van der Waals surface area contributed by atoms with Gasteiger partial charge in [0.2, 0.25) is 5.91 Å². The van der Waals surface area contributed by atoms with Crippen molar-refractivity contribution in [1.29, 1.82) is 0 Å². The predicted molar refractivity (Wildman–Crippen MR) is 77.6 cm³/mol.